The molecule has 2 saturated carbocycles. The molecule has 0 amide bonds. The first-order valence-electron chi connectivity index (χ1n) is 6.72. The second kappa shape index (κ2) is 4.58. The molecular formula is C15H21N. The highest BCUT2D eigenvalue weighted by Gasteiger charge is 2.30. The predicted molar refractivity (Wildman–Crippen MR) is 67.5 cm³/mol. The van der Waals surface area contributed by atoms with Gasteiger partial charge in [-0.05, 0) is 49.6 Å². The van der Waals surface area contributed by atoms with Crippen molar-refractivity contribution in [1.82, 2.24) is 5.32 Å². The quantitative estimate of drug-likeness (QED) is 0.812. The Hall–Kier alpha value is -0.820. The fraction of sp³-hybridized carbons (Fsp3) is 0.600. The van der Waals surface area contributed by atoms with E-state index in [9.17, 15) is 0 Å². The lowest BCUT2D eigenvalue weighted by molar-refractivity contribution is 0.443. The third-order valence-electron chi connectivity index (χ3n) is 4.13. The first-order valence-corrected chi connectivity index (χ1v) is 6.72. The van der Waals surface area contributed by atoms with Crippen LogP contribution in [0.25, 0.3) is 0 Å². The third kappa shape index (κ3) is 2.30. The zero-order chi connectivity index (χ0) is 10.8. The largest absolute Gasteiger partial charge is 0.314 e. The summed E-state index contributed by atoms with van der Waals surface area (Å²) in [5.41, 5.74) is 1.56. The van der Waals surface area contributed by atoms with Gasteiger partial charge in [0.15, 0.2) is 0 Å². The van der Waals surface area contributed by atoms with Crippen molar-refractivity contribution in [2.24, 2.45) is 5.92 Å². The highest BCUT2D eigenvalue weighted by atomic mass is 14.9. The molecule has 2 atom stereocenters. The van der Waals surface area contributed by atoms with Crippen molar-refractivity contribution < 1.29 is 0 Å². The van der Waals surface area contributed by atoms with Gasteiger partial charge >= 0.3 is 0 Å². The Balaban J connectivity index is 1.63. The van der Waals surface area contributed by atoms with E-state index in [0.717, 1.165) is 17.9 Å². The highest BCUT2D eigenvalue weighted by Crippen LogP contribution is 2.39. The van der Waals surface area contributed by atoms with Crippen LogP contribution in [0.3, 0.4) is 0 Å². The molecule has 0 aromatic heterocycles. The Bertz CT molecular complexity index is 329. The molecule has 3 rings (SSSR count). The normalized spacial score (nSPS) is 29.5. The first-order chi connectivity index (χ1) is 7.93. The van der Waals surface area contributed by atoms with Crippen molar-refractivity contribution >= 4 is 0 Å². The molecule has 0 spiro atoms. The van der Waals surface area contributed by atoms with Gasteiger partial charge in [0.05, 0.1) is 0 Å². The Kier molecular flexibility index (Phi) is 2.96. The van der Waals surface area contributed by atoms with Crippen LogP contribution in [0.2, 0.25) is 0 Å². The Morgan fingerprint density at radius 2 is 1.81 bits per heavy atom. The van der Waals surface area contributed by atoms with Gasteiger partial charge in [-0.2, -0.15) is 0 Å². The number of benzene rings is 1. The van der Waals surface area contributed by atoms with E-state index in [1.165, 1.54) is 38.6 Å². The summed E-state index contributed by atoms with van der Waals surface area (Å²) in [5.74, 6) is 1.69. The molecular weight excluding hydrogens is 194 g/mol. The Morgan fingerprint density at radius 3 is 2.56 bits per heavy atom. The summed E-state index contributed by atoms with van der Waals surface area (Å²) in [6.45, 7) is 1.24. The molecule has 0 saturated heterocycles. The minimum absolute atomic E-state index is 0.812. The van der Waals surface area contributed by atoms with E-state index >= 15 is 0 Å². The summed E-state index contributed by atoms with van der Waals surface area (Å²) in [6, 6.07) is 11.9. The van der Waals surface area contributed by atoms with Crippen LogP contribution in [0.4, 0.5) is 0 Å². The van der Waals surface area contributed by atoms with Gasteiger partial charge in [0, 0.05) is 6.04 Å². The molecule has 2 aliphatic carbocycles. The van der Waals surface area contributed by atoms with Crippen LogP contribution in [-0.4, -0.2) is 12.6 Å². The standard InChI is InChI=1S/C15H21N/c1-2-5-12(6-3-1)15-8-4-7-13(15)11-16-14-9-10-14/h1-3,5-6,13-16H,4,7-11H2. The van der Waals surface area contributed by atoms with E-state index in [0.29, 0.717) is 0 Å². The van der Waals surface area contributed by atoms with Crippen molar-refractivity contribution in [3.63, 3.8) is 0 Å². The van der Waals surface area contributed by atoms with Crippen molar-refractivity contribution in [2.45, 2.75) is 44.1 Å². The first kappa shape index (κ1) is 10.3. The molecule has 0 aliphatic heterocycles. The lowest BCUT2D eigenvalue weighted by Crippen LogP contribution is -2.26. The maximum atomic E-state index is 3.70. The molecule has 0 radical (unpaired) electrons. The van der Waals surface area contributed by atoms with Crippen LogP contribution < -0.4 is 5.32 Å². The second-order valence-electron chi connectivity index (χ2n) is 5.39. The average Bonchev–Trinajstić information content (AvgIpc) is 3.05. The van der Waals surface area contributed by atoms with E-state index in [1.54, 1.807) is 5.56 Å². The van der Waals surface area contributed by atoms with E-state index in [1.807, 2.05) is 0 Å². The summed E-state index contributed by atoms with van der Waals surface area (Å²) in [7, 11) is 0. The fourth-order valence-corrected chi connectivity index (χ4v) is 3.03. The average molecular weight is 215 g/mol. The maximum absolute atomic E-state index is 3.70. The Morgan fingerprint density at radius 1 is 1.00 bits per heavy atom. The summed E-state index contributed by atoms with van der Waals surface area (Å²) >= 11 is 0. The summed E-state index contributed by atoms with van der Waals surface area (Å²) in [4.78, 5) is 0. The van der Waals surface area contributed by atoms with Crippen molar-refractivity contribution in [3.05, 3.63) is 35.9 Å². The smallest absolute Gasteiger partial charge is 0.00683 e. The van der Waals surface area contributed by atoms with Gasteiger partial charge in [0.2, 0.25) is 0 Å². The van der Waals surface area contributed by atoms with Crippen LogP contribution in [-0.2, 0) is 0 Å². The summed E-state index contributed by atoms with van der Waals surface area (Å²) in [5, 5.41) is 3.70. The maximum Gasteiger partial charge on any atom is 0.00683 e. The van der Waals surface area contributed by atoms with Gasteiger partial charge in [-0.1, -0.05) is 36.8 Å². The van der Waals surface area contributed by atoms with Crippen LogP contribution in [0, 0.1) is 5.92 Å². The van der Waals surface area contributed by atoms with E-state index in [-0.39, 0.29) is 0 Å². The van der Waals surface area contributed by atoms with Crippen LogP contribution in [0.1, 0.15) is 43.6 Å². The van der Waals surface area contributed by atoms with Crippen LogP contribution in [0.5, 0.6) is 0 Å². The number of nitrogens with one attached hydrogen (secondary N) is 1. The predicted octanol–water partition coefficient (Wildman–Crippen LogP) is 3.32. The zero-order valence-electron chi connectivity index (χ0n) is 9.86. The van der Waals surface area contributed by atoms with Crippen molar-refractivity contribution in [3.8, 4) is 0 Å². The van der Waals surface area contributed by atoms with Gasteiger partial charge in [0.1, 0.15) is 0 Å². The van der Waals surface area contributed by atoms with Crippen molar-refractivity contribution in [1.29, 1.82) is 0 Å². The van der Waals surface area contributed by atoms with E-state index in [4.69, 9.17) is 0 Å². The number of rotatable bonds is 4. The number of hydrogen-bond acceptors (Lipinski definition) is 1. The molecule has 1 nitrogen and oxygen atoms in total. The molecule has 1 aromatic rings. The fourth-order valence-electron chi connectivity index (χ4n) is 3.03. The second-order valence-corrected chi connectivity index (χ2v) is 5.39. The summed E-state index contributed by atoms with van der Waals surface area (Å²) < 4.78 is 0. The Labute approximate surface area is 98.3 Å². The lowest BCUT2D eigenvalue weighted by Gasteiger charge is -2.20. The molecule has 16 heavy (non-hydrogen) atoms. The van der Waals surface area contributed by atoms with Gasteiger partial charge in [-0.25, -0.2) is 0 Å². The highest BCUT2D eigenvalue weighted by molar-refractivity contribution is 5.21. The van der Waals surface area contributed by atoms with Crippen LogP contribution >= 0.6 is 0 Å². The zero-order valence-corrected chi connectivity index (χ0v) is 9.86. The third-order valence-corrected chi connectivity index (χ3v) is 4.13. The minimum Gasteiger partial charge on any atom is -0.314 e. The molecule has 1 heteroatoms. The minimum atomic E-state index is 0.812. The topological polar surface area (TPSA) is 12.0 Å². The lowest BCUT2D eigenvalue weighted by atomic mass is 9.89. The van der Waals surface area contributed by atoms with Gasteiger partial charge in [0.25, 0.3) is 0 Å². The molecule has 1 N–H and O–H groups in total. The monoisotopic (exact) mass is 215 g/mol. The molecule has 2 fully saturated rings. The van der Waals surface area contributed by atoms with E-state index < -0.39 is 0 Å². The molecule has 2 unspecified atom stereocenters. The van der Waals surface area contributed by atoms with Gasteiger partial charge in [-0.15, -0.1) is 0 Å². The molecule has 1 aromatic carbocycles. The van der Waals surface area contributed by atoms with Gasteiger partial charge < -0.3 is 5.32 Å². The van der Waals surface area contributed by atoms with Crippen molar-refractivity contribution in [2.75, 3.05) is 6.54 Å². The molecule has 0 heterocycles. The SMILES string of the molecule is c1ccc(C2CCCC2CNC2CC2)cc1. The molecule has 0 bridgehead atoms. The molecule has 2 aliphatic rings. The molecule has 86 valence electrons. The van der Waals surface area contributed by atoms with E-state index in [2.05, 4.69) is 35.6 Å². The van der Waals surface area contributed by atoms with Gasteiger partial charge in [-0.3, -0.25) is 0 Å². The summed E-state index contributed by atoms with van der Waals surface area (Å²) in [6.07, 6.45) is 7.03. The van der Waals surface area contributed by atoms with Crippen LogP contribution in [0.15, 0.2) is 30.3 Å². The number of hydrogen-bond donors (Lipinski definition) is 1.